The minimum atomic E-state index is -3.98. The highest BCUT2D eigenvalue weighted by atomic mass is 19.4. The maximum atomic E-state index is 11.6. The fourth-order valence-electron chi connectivity index (χ4n) is 0.753. The Hall–Kier alpha value is -0.250. The standard InChI is InChI=1S/C7H14F3N/c1-11(2)6-4-3-5-7(8,9)10/h3-6H2,1-2H3. The van der Waals surface area contributed by atoms with Crippen LogP contribution in [0.1, 0.15) is 19.3 Å². The topological polar surface area (TPSA) is 3.24 Å². The zero-order valence-corrected chi connectivity index (χ0v) is 6.91. The molecule has 0 aromatic rings. The van der Waals surface area contributed by atoms with Gasteiger partial charge >= 0.3 is 6.18 Å². The van der Waals surface area contributed by atoms with E-state index in [4.69, 9.17) is 0 Å². The van der Waals surface area contributed by atoms with Crippen molar-refractivity contribution in [3.63, 3.8) is 0 Å². The van der Waals surface area contributed by atoms with Crippen molar-refractivity contribution in [3.05, 3.63) is 0 Å². The van der Waals surface area contributed by atoms with Gasteiger partial charge in [-0.3, -0.25) is 0 Å². The normalized spacial score (nSPS) is 12.5. The Morgan fingerprint density at radius 1 is 1.09 bits per heavy atom. The molecule has 0 radical (unpaired) electrons. The van der Waals surface area contributed by atoms with Gasteiger partial charge in [-0.1, -0.05) is 0 Å². The van der Waals surface area contributed by atoms with Gasteiger partial charge < -0.3 is 4.90 Å². The van der Waals surface area contributed by atoms with Gasteiger partial charge in [-0.15, -0.1) is 0 Å². The highest BCUT2D eigenvalue weighted by Gasteiger charge is 2.25. The van der Waals surface area contributed by atoms with Gasteiger partial charge in [0.25, 0.3) is 0 Å². The van der Waals surface area contributed by atoms with Crippen molar-refractivity contribution in [2.45, 2.75) is 25.4 Å². The first-order chi connectivity index (χ1) is 4.92. The van der Waals surface area contributed by atoms with Crippen molar-refractivity contribution in [1.82, 2.24) is 4.90 Å². The zero-order valence-electron chi connectivity index (χ0n) is 6.91. The van der Waals surface area contributed by atoms with E-state index < -0.39 is 12.6 Å². The Morgan fingerprint density at radius 2 is 1.64 bits per heavy atom. The molecule has 1 nitrogen and oxygen atoms in total. The minimum Gasteiger partial charge on any atom is -0.309 e. The summed E-state index contributed by atoms with van der Waals surface area (Å²) in [7, 11) is 3.71. The van der Waals surface area contributed by atoms with Crippen LogP contribution in [0, 0.1) is 0 Å². The predicted octanol–water partition coefficient (Wildman–Crippen LogP) is 2.28. The molecule has 68 valence electrons. The van der Waals surface area contributed by atoms with Gasteiger partial charge in [0.05, 0.1) is 0 Å². The van der Waals surface area contributed by atoms with Gasteiger partial charge in [0, 0.05) is 6.42 Å². The molecule has 0 N–H and O–H groups in total. The van der Waals surface area contributed by atoms with Crippen LogP contribution < -0.4 is 0 Å². The molecule has 0 saturated heterocycles. The molecule has 0 aliphatic carbocycles. The highest BCUT2D eigenvalue weighted by Crippen LogP contribution is 2.21. The van der Waals surface area contributed by atoms with Gasteiger partial charge in [0.15, 0.2) is 0 Å². The second kappa shape index (κ2) is 4.59. The molecule has 0 spiro atoms. The molecular weight excluding hydrogens is 155 g/mol. The maximum absolute atomic E-state index is 11.6. The monoisotopic (exact) mass is 169 g/mol. The van der Waals surface area contributed by atoms with Crippen LogP contribution in [0.25, 0.3) is 0 Å². The molecule has 0 saturated carbocycles. The van der Waals surface area contributed by atoms with Gasteiger partial charge in [-0.2, -0.15) is 13.2 Å². The lowest BCUT2D eigenvalue weighted by atomic mass is 10.2. The fraction of sp³-hybridized carbons (Fsp3) is 1.00. The second-order valence-corrected chi connectivity index (χ2v) is 2.88. The molecule has 0 atom stereocenters. The first-order valence-corrected chi connectivity index (χ1v) is 3.63. The van der Waals surface area contributed by atoms with Crippen LogP contribution in [-0.4, -0.2) is 31.7 Å². The van der Waals surface area contributed by atoms with Crippen LogP contribution in [0.5, 0.6) is 0 Å². The van der Waals surface area contributed by atoms with E-state index in [1.165, 1.54) is 0 Å². The lowest BCUT2D eigenvalue weighted by Gasteiger charge is -2.09. The highest BCUT2D eigenvalue weighted by molar-refractivity contribution is 4.52. The molecule has 0 aliphatic heterocycles. The molecule has 0 fully saturated rings. The molecule has 4 heteroatoms. The average Bonchev–Trinajstić information content (AvgIpc) is 1.78. The molecular formula is C7H14F3N. The summed E-state index contributed by atoms with van der Waals surface area (Å²) < 4.78 is 34.7. The lowest BCUT2D eigenvalue weighted by molar-refractivity contribution is -0.135. The quantitative estimate of drug-likeness (QED) is 0.583. The molecule has 0 heterocycles. The predicted molar refractivity (Wildman–Crippen MR) is 38.5 cm³/mol. The molecule has 0 bridgehead atoms. The van der Waals surface area contributed by atoms with E-state index in [2.05, 4.69) is 0 Å². The van der Waals surface area contributed by atoms with Crippen molar-refractivity contribution in [2.24, 2.45) is 0 Å². The second-order valence-electron chi connectivity index (χ2n) is 2.88. The number of nitrogens with zero attached hydrogens (tertiary/aromatic N) is 1. The van der Waals surface area contributed by atoms with Crippen LogP contribution in [0.15, 0.2) is 0 Å². The Labute approximate surface area is 65.2 Å². The summed E-state index contributed by atoms with van der Waals surface area (Å²) in [5, 5.41) is 0. The first-order valence-electron chi connectivity index (χ1n) is 3.63. The molecule has 0 rings (SSSR count). The van der Waals surface area contributed by atoms with E-state index >= 15 is 0 Å². The molecule has 0 aliphatic rings. The maximum Gasteiger partial charge on any atom is 0.389 e. The fourth-order valence-corrected chi connectivity index (χ4v) is 0.753. The summed E-state index contributed by atoms with van der Waals surface area (Å²) in [4.78, 5) is 1.89. The van der Waals surface area contributed by atoms with Crippen LogP contribution in [0.3, 0.4) is 0 Å². The SMILES string of the molecule is CN(C)CCCCC(F)(F)F. The van der Waals surface area contributed by atoms with Crippen LogP contribution >= 0.6 is 0 Å². The number of hydrogen-bond acceptors (Lipinski definition) is 1. The Morgan fingerprint density at radius 3 is 2.00 bits per heavy atom. The zero-order chi connectivity index (χ0) is 8.91. The van der Waals surface area contributed by atoms with Crippen molar-refractivity contribution in [3.8, 4) is 0 Å². The van der Waals surface area contributed by atoms with Gasteiger partial charge in [0.2, 0.25) is 0 Å². The molecule has 0 aromatic heterocycles. The number of hydrogen-bond donors (Lipinski definition) is 0. The number of rotatable bonds is 4. The smallest absolute Gasteiger partial charge is 0.309 e. The average molecular weight is 169 g/mol. The van der Waals surface area contributed by atoms with E-state index in [9.17, 15) is 13.2 Å². The molecule has 0 aromatic carbocycles. The molecule has 0 unspecified atom stereocenters. The summed E-state index contributed by atoms with van der Waals surface area (Å²) in [5.41, 5.74) is 0. The summed E-state index contributed by atoms with van der Waals surface area (Å²) in [6.45, 7) is 0.732. The van der Waals surface area contributed by atoms with Crippen molar-refractivity contribution >= 4 is 0 Å². The van der Waals surface area contributed by atoms with E-state index in [0.717, 1.165) is 6.54 Å². The van der Waals surface area contributed by atoms with E-state index in [0.29, 0.717) is 6.42 Å². The summed E-state index contributed by atoms with van der Waals surface area (Å²) in [6.07, 6.45) is -3.78. The summed E-state index contributed by atoms with van der Waals surface area (Å²) >= 11 is 0. The Balaban J connectivity index is 3.15. The van der Waals surface area contributed by atoms with Gasteiger partial charge in [0.1, 0.15) is 0 Å². The number of alkyl halides is 3. The largest absolute Gasteiger partial charge is 0.389 e. The Kier molecular flexibility index (Phi) is 4.49. The first kappa shape index (κ1) is 10.8. The van der Waals surface area contributed by atoms with Crippen molar-refractivity contribution in [1.29, 1.82) is 0 Å². The van der Waals surface area contributed by atoms with E-state index in [-0.39, 0.29) is 6.42 Å². The third-order valence-electron chi connectivity index (χ3n) is 1.32. The van der Waals surface area contributed by atoms with Crippen LogP contribution in [0.2, 0.25) is 0 Å². The van der Waals surface area contributed by atoms with E-state index in [1.807, 2.05) is 19.0 Å². The minimum absolute atomic E-state index is 0.238. The van der Waals surface area contributed by atoms with E-state index in [1.54, 1.807) is 0 Å². The van der Waals surface area contributed by atoms with Gasteiger partial charge in [-0.25, -0.2) is 0 Å². The lowest BCUT2D eigenvalue weighted by Crippen LogP contribution is -2.14. The van der Waals surface area contributed by atoms with Crippen molar-refractivity contribution in [2.75, 3.05) is 20.6 Å². The van der Waals surface area contributed by atoms with Crippen LogP contribution in [0.4, 0.5) is 13.2 Å². The Bertz CT molecular complexity index is 98.3. The third-order valence-corrected chi connectivity index (χ3v) is 1.32. The molecule has 11 heavy (non-hydrogen) atoms. The molecule has 0 amide bonds. The number of unbranched alkanes of at least 4 members (excludes halogenated alkanes) is 1. The summed E-state index contributed by atoms with van der Waals surface area (Å²) in [5.74, 6) is 0. The third kappa shape index (κ3) is 9.75. The van der Waals surface area contributed by atoms with Crippen molar-refractivity contribution < 1.29 is 13.2 Å². The van der Waals surface area contributed by atoms with Gasteiger partial charge in [-0.05, 0) is 33.5 Å². The summed E-state index contributed by atoms with van der Waals surface area (Å²) in [6, 6.07) is 0. The van der Waals surface area contributed by atoms with Crippen LogP contribution in [-0.2, 0) is 0 Å². The number of halogens is 3.